The van der Waals surface area contributed by atoms with Crippen LogP contribution in [0.25, 0.3) is 0 Å². The molecule has 0 aromatic rings. The van der Waals surface area contributed by atoms with Gasteiger partial charge in [0, 0.05) is 26.3 Å². The first-order valence-corrected chi connectivity index (χ1v) is 6.28. The van der Waals surface area contributed by atoms with E-state index in [4.69, 9.17) is 10.5 Å². The first-order chi connectivity index (χ1) is 7.75. The topological polar surface area (TPSA) is 64.3 Å². The minimum atomic E-state index is 0.0186. The van der Waals surface area contributed by atoms with Gasteiger partial charge in [0.05, 0.1) is 5.92 Å². The van der Waals surface area contributed by atoms with Gasteiger partial charge in [-0.25, -0.2) is 0 Å². The normalized spacial score (nSPS) is 26.1. The largest absolute Gasteiger partial charge is 0.385 e. The third-order valence-corrected chi connectivity index (χ3v) is 3.23. The number of hydrogen-bond donors (Lipinski definition) is 2. The van der Waals surface area contributed by atoms with Crippen LogP contribution in [-0.2, 0) is 9.53 Å². The Morgan fingerprint density at radius 3 is 2.88 bits per heavy atom. The molecule has 2 unspecified atom stereocenters. The Bertz CT molecular complexity index is 209. The average molecular weight is 228 g/mol. The Morgan fingerprint density at radius 1 is 1.38 bits per heavy atom. The maximum absolute atomic E-state index is 11.9. The Hall–Kier alpha value is -0.610. The lowest BCUT2D eigenvalue weighted by Crippen LogP contribution is -2.41. The van der Waals surface area contributed by atoms with E-state index in [1.54, 1.807) is 7.11 Å². The van der Waals surface area contributed by atoms with Gasteiger partial charge in [0.2, 0.25) is 5.91 Å². The lowest BCUT2D eigenvalue weighted by molar-refractivity contribution is -0.125. The van der Waals surface area contributed by atoms with E-state index in [2.05, 4.69) is 5.32 Å². The Labute approximate surface area is 97.9 Å². The smallest absolute Gasteiger partial charge is 0.224 e. The lowest BCUT2D eigenvalue weighted by Gasteiger charge is -2.20. The quantitative estimate of drug-likeness (QED) is 0.546. The van der Waals surface area contributed by atoms with Crippen molar-refractivity contribution in [1.82, 2.24) is 5.32 Å². The highest BCUT2D eigenvalue weighted by atomic mass is 16.5. The summed E-state index contributed by atoms with van der Waals surface area (Å²) in [5.74, 6) is 0.149. The first-order valence-electron chi connectivity index (χ1n) is 6.28. The maximum Gasteiger partial charge on any atom is 0.224 e. The van der Waals surface area contributed by atoms with E-state index in [0.29, 0.717) is 13.2 Å². The molecule has 3 N–H and O–H groups in total. The second-order valence-electron chi connectivity index (χ2n) is 4.55. The van der Waals surface area contributed by atoms with Gasteiger partial charge in [-0.1, -0.05) is 19.3 Å². The molecule has 1 fully saturated rings. The van der Waals surface area contributed by atoms with E-state index in [1.807, 2.05) is 0 Å². The van der Waals surface area contributed by atoms with Crippen molar-refractivity contribution in [3.63, 3.8) is 0 Å². The number of nitrogens with one attached hydrogen (secondary N) is 1. The molecule has 0 saturated heterocycles. The number of hydrogen-bond acceptors (Lipinski definition) is 3. The molecule has 4 nitrogen and oxygen atoms in total. The predicted octanol–water partition coefficient (Wildman–Crippen LogP) is 1.05. The number of amides is 1. The van der Waals surface area contributed by atoms with Gasteiger partial charge in [-0.2, -0.15) is 0 Å². The van der Waals surface area contributed by atoms with Crippen molar-refractivity contribution in [2.75, 3.05) is 20.3 Å². The second-order valence-corrected chi connectivity index (χ2v) is 4.55. The van der Waals surface area contributed by atoms with Crippen LogP contribution in [0.5, 0.6) is 0 Å². The molecule has 1 aliphatic carbocycles. The van der Waals surface area contributed by atoms with E-state index in [-0.39, 0.29) is 17.9 Å². The van der Waals surface area contributed by atoms with Gasteiger partial charge in [-0.05, 0) is 19.3 Å². The van der Waals surface area contributed by atoms with Gasteiger partial charge in [-0.15, -0.1) is 0 Å². The summed E-state index contributed by atoms with van der Waals surface area (Å²) in [6.07, 6.45) is 6.29. The minimum Gasteiger partial charge on any atom is -0.385 e. The van der Waals surface area contributed by atoms with E-state index < -0.39 is 0 Å². The minimum absolute atomic E-state index is 0.0186. The number of rotatable bonds is 5. The number of nitrogens with two attached hydrogens (primary N) is 1. The van der Waals surface area contributed by atoms with Crippen LogP contribution in [-0.4, -0.2) is 32.2 Å². The zero-order valence-corrected chi connectivity index (χ0v) is 10.2. The van der Waals surface area contributed by atoms with Gasteiger partial charge in [0.25, 0.3) is 0 Å². The average Bonchev–Trinajstić information content (AvgIpc) is 2.49. The molecule has 0 heterocycles. The second kappa shape index (κ2) is 7.63. The summed E-state index contributed by atoms with van der Waals surface area (Å²) < 4.78 is 4.93. The van der Waals surface area contributed by atoms with E-state index in [9.17, 15) is 4.79 Å². The summed E-state index contributed by atoms with van der Waals surface area (Å²) >= 11 is 0. The summed E-state index contributed by atoms with van der Waals surface area (Å²) in [5, 5.41) is 2.95. The summed E-state index contributed by atoms with van der Waals surface area (Å²) in [6, 6.07) is 0.0462. The summed E-state index contributed by atoms with van der Waals surface area (Å²) in [5.41, 5.74) is 6.02. The molecule has 4 heteroatoms. The molecular weight excluding hydrogens is 204 g/mol. The highest BCUT2D eigenvalue weighted by Crippen LogP contribution is 2.22. The van der Waals surface area contributed by atoms with Gasteiger partial charge in [0.1, 0.15) is 0 Å². The molecule has 16 heavy (non-hydrogen) atoms. The summed E-state index contributed by atoms with van der Waals surface area (Å²) in [4.78, 5) is 11.9. The maximum atomic E-state index is 11.9. The van der Waals surface area contributed by atoms with Crippen LogP contribution < -0.4 is 11.1 Å². The van der Waals surface area contributed by atoms with E-state index in [1.165, 1.54) is 6.42 Å². The molecule has 1 rings (SSSR count). The monoisotopic (exact) mass is 228 g/mol. The third kappa shape index (κ3) is 4.49. The predicted molar refractivity (Wildman–Crippen MR) is 64.1 cm³/mol. The fourth-order valence-electron chi connectivity index (χ4n) is 2.22. The number of methoxy groups -OCH3 is 1. The summed E-state index contributed by atoms with van der Waals surface area (Å²) in [6.45, 7) is 1.38. The molecule has 94 valence electrons. The van der Waals surface area contributed by atoms with Crippen molar-refractivity contribution in [3.8, 4) is 0 Å². The first kappa shape index (κ1) is 13.5. The molecule has 0 spiro atoms. The fraction of sp³-hybridized carbons (Fsp3) is 0.917. The molecule has 0 aliphatic heterocycles. The van der Waals surface area contributed by atoms with Crippen LogP contribution in [0.15, 0.2) is 0 Å². The van der Waals surface area contributed by atoms with Gasteiger partial charge >= 0.3 is 0 Å². The Balaban J connectivity index is 2.27. The van der Waals surface area contributed by atoms with Crippen molar-refractivity contribution < 1.29 is 9.53 Å². The van der Waals surface area contributed by atoms with Crippen LogP contribution in [0, 0.1) is 5.92 Å². The molecule has 1 amide bonds. The molecule has 1 aliphatic rings. The number of carbonyl (C=O) groups excluding carboxylic acids is 1. The number of ether oxygens (including phenoxy) is 1. The molecule has 1 saturated carbocycles. The molecule has 2 atom stereocenters. The molecule has 0 radical (unpaired) electrons. The van der Waals surface area contributed by atoms with E-state index >= 15 is 0 Å². The van der Waals surface area contributed by atoms with Gasteiger partial charge < -0.3 is 15.8 Å². The molecule has 0 bridgehead atoms. The molecule has 0 aromatic heterocycles. The van der Waals surface area contributed by atoms with Crippen molar-refractivity contribution in [1.29, 1.82) is 0 Å². The fourth-order valence-corrected chi connectivity index (χ4v) is 2.22. The lowest BCUT2D eigenvalue weighted by atomic mass is 9.94. The van der Waals surface area contributed by atoms with Crippen LogP contribution in [0.4, 0.5) is 0 Å². The van der Waals surface area contributed by atoms with Crippen LogP contribution in [0.2, 0.25) is 0 Å². The van der Waals surface area contributed by atoms with Crippen molar-refractivity contribution in [2.45, 2.75) is 44.6 Å². The SMILES string of the molecule is COCCCNC(=O)C1CCCCCC1N. The Kier molecular flexibility index (Phi) is 6.42. The summed E-state index contributed by atoms with van der Waals surface area (Å²) in [7, 11) is 1.67. The van der Waals surface area contributed by atoms with Gasteiger partial charge in [-0.3, -0.25) is 4.79 Å². The highest BCUT2D eigenvalue weighted by Gasteiger charge is 2.26. The third-order valence-electron chi connectivity index (χ3n) is 3.23. The Morgan fingerprint density at radius 2 is 2.12 bits per heavy atom. The zero-order chi connectivity index (χ0) is 11.8. The van der Waals surface area contributed by atoms with Crippen molar-refractivity contribution in [2.24, 2.45) is 11.7 Å². The molecule has 0 aromatic carbocycles. The standard InChI is InChI=1S/C12H24N2O2/c1-16-9-5-8-14-12(15)10-6-3-2-4-7-11(10)13/h10-11H,2-9,13H2,1H3,(H,14,15). The van der Waals surface area contributed by atoms with Crippen molar-refractivity contribution in [3.05, 3.63) is 0 Å². The van der Waals surface area contributed by atoms with Crippen LogP contribution in [0.3, 0.4) is 0 Å². The zero-order valence-electron chi connectivity index (χ0n) is 10.2. The van der Waals surface area contributed by atoms with Gasteiger partial charge in [0.15, 0.2) is 0 Å². The van der Waals surface area contributed by atoms with Crippen LogP contribution in [0.1, 0.15) is 38.5 Å². The van der Waals surface area contributed by atoms with Crippen LogP contribution >= 0.6 is 0 Å². The van der Waals surface area contributed by atoms with Crippen molar-refractivity contribution >= 4 is 5.91 Å². The van der Waals surface area contributed by atoms with E-state index in [0.717, 1.165) is 32.1 Å². The molecular formula is C12H24N2O2. The number of carbonyl (C=O) groups is 1. The highest BCUT2D eigenvalue weighted by molar-refractivity contribution is 5.79.